The number of nitrogens with zero attached hydrogens (tertiary/aromatic N) is 2. The van der Waals surface area contributed by atoms with Crippen molar-refractivity contribution >= 4 is 23.2 Å². The second kappa shape index (κ2) is 5.48. The molecule has 2 N–H and O–H groups in total. The predicted octanol–water partition coefficient (Wildman–Crippen LogP) is 0.582. The van der Waals surface area contributed by atoms with Gasteiger partial charge < -0.3 is 10.6 Å². The van der Waals surface area contributed by atoms with E-state index in [1.54, 1.807) is 16.2 Å². The number of hydrogen-bond acceptors (Lipinski definition) is 4. The molecule has 18 heavy (non-hydrogen) atoms. The molecule has 0 aromatic carbocycles. The van der Waals surface area contributed by atoms with Gasteiger partial charge in [-0.1, -0.05) is 6.92 Å². The van der Waals surface area contributed by atoms with E-state index in [1.807, 2.05) is 5.38 Å². The third-order valence-electron chi connectivity index (χ3n) is 3.16. The second-order valence-electron chi connectivity index (χ2n) is 4.48. The van der Waals surface area contributed by atoms with Gasteiger partial charge in [-0.2, -0.15) is 0 Å². The van der Waals surface area contributed by atoms with Crippen molar-refractivity contribution in [3.05, 3.63) is 16.1 Å². The number of primary amides is 1. The van der Waals surface area contributed by atoms with Gasteiger partial charge in [0.15, 0.2) is 0 Å². The normalized spacial score (nSPS) is 19.5. The molecule has 0 aliphatic carbocycles. The number of carbonyl (C=O) groups is 2. The van der Waals surface area contributed by atoms with Gasteiger partial charge in [0.1, 0.15) is 0 Å². The third kappa shape index (κ3) is 2.87. The molecule has 6 heteroatoms. The van der Waals surface area contributed by atoms with Crippen LogP contribution >= 0.6 is 11.3 Å². The molecular formula is C12H17N3O2S. The molecule has 1 atom stereocenters. The molecule has 2 rings (SSSR count). The summed E-state index contributed by atoms with van der Waals surface area (Å²) < 4.78 is 0. The Morgan fingerprint density at radius 1 is 1.67 bits per heavy atom. The van der Waals surface area contributed by atoms with Crippen molar-refractivity contribution in [1.29, 1.82) is 0 Å². The monoisotopic (exact) mass is 267 g/mol. The summed E-state index contributed by atoms with van der Waals surface area (Å²) in [5.41, 5.74) is 6.24. The highest BCUT2D eigenvalue weighted by atomic mass is 32.1. The number of thiazole rings is 1. The Bertz CT molecular complexity index is 458. The SMILES string of the molecule is CCc1nc(CCN2CC(C(N)=O)CC2=O)cs1. The predicted molar refractivity (Wildman–Crippen MR) is 69.1 cm³/mol. The number of hydrogen-bond donors (Lipinski definition) is 1. The number of rotatable bonds is 5. The Hall–Kier alpha value is -1.43. The first-order chi connectivity index (χ1) is 8.60. The Kier molecular flexibility index (Phi) is 3.96. The maximum Gasteiger partial charge on any atom is 0.223 e. The smallest absolute Gasteiger partial charge is 0.223 e. The maximum atomic E-state index is 11.7. The Morgan fingerprint density at radius 2 is 2.44 bits per heavy atom. The molecule has 5 nitrogen and oxygen atoms in total. The molecule has 98 valence electrons. The van der Waals surface area contributed by atoms with E-state index in [0.717, 1.165) is 23.5 Å². The number of amides is 2. The van der Waals surface area contributed by atoms with E-state index in [9.17, 15) is 9.59 Å². The fourth-order valence-corrected chi connectivity index (χ4v) is 2.83. The minimum absolute atomic E-state index is 0.0183. The zero-order chi connectivity index (χ0) is 13.1. The topological polar surface area (TPSA) is 76.3 Å². The summed E-state index contributed by atoms with van der Waals surface area (Å²) in [6, 6.07) is 0. The lowest BCUT2D eigenvalue weighted by Crippen LogP contribution is -2.30. The largest absolute Gasteiger partial charge is 0.369 e. The minimum atomic E-state index is -0.382. The molecule has 1 aliphatic heterocycles. The molecule has 1 fully saturated rings. The first-order valence-corrected chi connectivity index (χ1v) is 6.98. The van der Waals surface area contributed by atoms with Crippen molar-refractivity contribution in [3.63, 3.8) is 0 Å². The Balaban J connectivity index is 1.87. The van der Waals surface area contributed by atoms with Crippen LogP contribution in [0.3, 0.4) is 0 Å². The van der Waals surface area contributed by atoms with E-state index in [4.69, 9.17) is 5.73 Å². The van der Waals surface area contributed by atoms with E-state index < -0.39 is 0 Å². The summed E-state index contributed by atoms with van der Waals surface area (Å²) in [6.45, 7) is 3.15. The van der Waals surface area contributed by atoms with Crippen LogP contribution in [0.15, 0.2) is 5.38 Å². The molecule has 2 amide bonds. The van der Waals surface area contributed by atoms with Gasteiger partial charge in [-0.25, -0.2) is 4.98 Å². The maximum absolute atomic E-state index is 11.7. The van der Waals surface area contributed by atoms with Crippen molar-refractivity contribution in [1.82, 2.24) is 9.88 Å². The van der Waals surface area contributed by atoms with Gasteiger partial charge >= 0.3 is 0 Å². The lowest BCUT2D eigenvalue weighted by Gasteiger charge is -2.14. The number of carbonyl (C=O) groups excluding carboxylic acids is 2. The number of likely N-dealkylation sites (tertiary alicyclic amines) is 1. The number of aromatic nitrogens is 1. The summed E-state index contributed by atoms with van der Waals surface area (Å²) in [5.74, 6) is -0.684. The second-order valence-corrected chi connectivity index (χ2v) is 5.42. The first kappa shape index (κ1) is 13.0. The average Bonchev–Trinajstić information content (AvgIpc) is 2.93. The number of nitrogens with two attached hydrogens (primary N) is 1. The van der Waals surface area contributed by atoms with Crippen LogP contribution in [0, 0.1) is 5.92 Å². The lowest BCUT2D eigenvalue weighted by molar-refractivity contribution is -0.128. The molecular weight excluding hydrogens is 250 g/mol. The quantitative estimate of drug-likeness (QED) is 0.848. The van der Waals surface area contributed by atoms with Crippen LogP contribution in [0.5, 0.6) is 0 Å². The third-order valence-corrected chi connectivity index (χ3v) is 4.20. The van der Waals surface area contributed by atoms with Crippen LogP contribution < -0.4 is 5.73 Å². The highest BCUT2D eigenvalue weighted by Crippen LogP contribution is 2.18. The number of aryl methyl sites for hydroxylation is 1. The van der Waals surface area contributed by atoms with E-state index in [2.05, 4.69) is 11.9 Å². The van der Waals surface area contributed by atoms with Crippen molar-refractivity contribution in [3.8, 4) is 0 Å². The highest BCUT2D eigenvalue weighted by Gasteiger charge is 2.32. The summed E-state index contributed by atoms with van der Waals surface area (Å²) in [7, 11) is 0. The minimum Gasteiger partial charge on any atom is -0.369 e. The molecule has 2 heterocycles. The standard InChI is InChI=1S/C12H17N3O2S/c1-2-10-14-9(7-18-10)3-4-15-6-8(12(13)17)5-11(15)16/h7-8H,2-6H2,1H3,(H2,13,17). The zero-order valence-corrected chi connectivity index (χ0v) is 11.2. The van der Waals surface area contributed by atoms with Crippen molar-refractivity contribution < 1.29 is 9.59 Å². The average molecular weight is 267 g/mol. The van der Waals surface area contributed by atoms with Crippen LogP contribution in [0.4, 0.5) is 0 Å². The van der Waals surface area contributed by atoms with E-state index in [-0.39, 0.29) is 24.2 Å². The van der Waals surface area contributed by atoms with Crippen molar-refractivity contribution in [2.45, 2.75) is 26.2 Å². The molecule has 1 saturated heterocycles. The highest BCUT2D eigenvalue weighted by molar-refractivity contribution is 7.09. The first-order valence-electron chi connectivity index (χ1n) is 6.10. The van der Waals surface area contributed by atoms with Gasteiger partial charge in [0, 0.05) is 31.3 Å². The van der Waals surface area contributed by atoms with Crippen LogP contribution in [-0.4, -0.2) is 34.8 Å². The zero-order valence-electron chi connectivity index (χ0n) is 10.4. The molecule has 1 aromatic heterocycles. The Morgan fingerprint density at radius 3 is 3.00 bits per heavy atom. The molecule has 0 spiro atoms. The van der Waals surface area contributed by atoms with Gasteiger partial charge in [-0.05, 0) is 6.42 Å². The molecule has 0 saturated carbocycles. The van der Waals surface area contributed by atoms with Gasteiger partial charge in [0.2, 0.25) is 11.8 Å². The van der Waals surface area contributed by atoms with Gasteiger partial charge in [-0.3, -0.25) is 9.59 Å². The van der Waals surface area contributed by atoms with Crippen LogP contribution in [0.2, 0.25) is 0 Å². The van der Waals surface area contributed by atoms with Crippen LogP contribution in [0.1, 0.15) is 24.0 Å². The molecule has 1 unspecified atom stereocenters. The summed E-state index contributed by atoms with van der Waals surface area (Å²) in [5, 5.41) is 3.15. The fourth-order valence-electron chi connectivity index (χ4n) is 2.05. The van der Waals surface area contributed by atoms with Gasteiger partial charge in [0.25, 0.3) is 0 Å². The van der Waals surface area contributed by atoms with Crippen molar-refractivity contribution in [2.75, 3.05) is 13.1 Å². The summed E-state index contributed by atoms with van der Waals surface area (Å²) in [4.78, 5) is 28.9. The van der Waals surface area contributed by atoms with E-state index >= 15 is 0 Å². The van der Waals surface area contributed by atoms with Gasteiger partial charge in [0.05, 0.1) is 16.6 Å². The van der Waals surface area contributed by atoms with E-state index in [0.29, 0.717) is 13.1 Å². The van der Waals surface area contributed by atoms with Crippen molar-refractivity contribution in [2.24, 2.45) is 11.7 Å². The molecule has 1 aliphatic rings. The molecule has 0 bridgehead atoms. The van der Waals surface area contributed by atoms with Gasteiger partial charge in [-0.15, -0.1) is 11.3 Å². The summed E-state index contributed by atoms with van der Waals surface area (Å²) in [6.07, 6.45) is 1.94. The molecule has 1 aromatic rings. The fraction of sp³-hybridized carbons (Fsp3) is 0.583. The van der Waals surface area contributed by atoms with E-state index in [1.165, 1.54) is 0 Å². The Labute approximate surface area is 110 Å². The lowest BCUT2D eigenvalue weighted by atomic mass is 10.1. The summed E-state index contributed by atoms with van der Waals surface area (Å²) >= 11 is 1.65. The molecule has 0 radical (unpaired) electrons. The van der Waals surface area contributed by atoms with Crippen LogP contribution in [-0.2, 0) is 22.4 Å². The van der Waals surface area contributed by atoms with Crippen LogP contribution in [0.25, 0.3) is 0 Å².